The van der Waals surface area contributed by atoms with Gasteiger partial charge in [-0.2, -0.15) is 0 Å². The van der Waals surface area contributed by atoms with Crippen LogP contribution in [0.1, 0.15) is 12.8 Å². The molecule has 0 aromatic rings. The van der Waals surface area contributed by atoms with E-state index in [9.17, 15) is 0 Å². The normalized spacial score (nSPS) is 20.8. The highest BCUT2D eigenvalue weighted by Gasteiger charge is 2.31. The zero-order chi connectivity index (χ0) is 9.45. The quantitative estimate of drug-likeness (QED) is 0.470. The minimum atomic E-state index is -0.363. The zero-order valence-corrected chi connectivity index (χ0v) is 7.97. The van der Waals surface area contributed by atoms with Gasteiger partial charge in [-0.05, 0) is 0 Å². The standard InChI is InChI=1S/C7H14O3.C2H4/c1-8-7(9-2)3-5-10-6-4-7;1-2/h3-6H2,1-2H3;1-2H2. The minimum absolute atomic E-state index is 0.363. The van der Waals surface area contributed by atoms with Crippen molar-refractivity contribution >= 4 is 0 Å². The Hall–Kier alpha value is -0.380. The van der Waals surface area contributed by atoms with Crippen molar-refractivity contribution in [2.24, 2.45) is 0 Å². The van der Waals surface area contributed by atoms with E-state index in [1.165, 1.54) is 0 Å². The van der Waals surface area contributed by atoms with Gasteiger partial charge in [0.15, 0.2) is 5.79 Å². The Morgan fingerprint density at radius 2 is 1.50 bits per heavy atom. The van der Waals surface area contributed by atoms with Crippen molar-refractivity contribution < 1.29 is 14.2 Å². The molecule has 0 aromatic heterocycles. The highest BCUT2D eigenvalue weighted by Crippen LogP contribution is 2.24. The van der Waals surface area contributed by atoms with Gasteiger partial charge < -0.3 is 14.2 Å². The van der Waals surface area contributed by atoms with E-state index in [1.54, 1.807) is 14.2 Å². The van der Waals surface area contributed by atoms with Crippen LogP contribution in [0.5, 0.6) is 0 Å². The van der Waals surface area contributed by atoms with E-state index in [0.717, 1.165) is 26.1 Å². The predicted octanol–water partition coefficient (Wildman–Crippen LogP) is 1.59. The largest absolute Gasteiger partial charge is 0.381 e. The van der Waals surface area contributed by atoms with Crippen molar-refractivity contribution in [3.05, 3.63) is 13.2 Å². The molecule has 0 spiro atoms. The second-order valence-electron chi connectivity index (χ2n) is 2.43. The van der Waals surface area contributed by atoms with Crippen LogP contribution in [-0.2, 0) is 14.2 Å². The lowest BCUT2D eigenvalue weighted by atomic mass is 10.1. The molecule has 0 aliphatic carbocycles. The Kier molecular flexibility index (Phi) is 5.98. The number of ether oxygens (including phenoxy) is 3. The van der Waals surface area contributed by atoms with Gasteiger partial charge in [0.05, 0.1) is 13.2 Å². The summed E-state index contributed by atoms with van der Waals surface area (Å²) in [5.74, 6) is -0.363. The summed E-state index contributed by atoms with van der Waals surface area (Å²) in [6.45, 7) is 7.48. The van der Waals surface area contributed by atoms with Gasteiger partial charge >= 0.3 is 0 Å². The average molecular weight is 174 g/mol. The molecule has 0 unspecified atom stereocenters. The van der Waals surface area contributed by atoms with Crippen LogP contribution in [-0.4, -0.2) is 33.2 Å². The summed E-state index contributed by atoms with van der Waals surface area (Å²) in [6.07, 6.45) is 1.67. The predicted molar refractivity (Wildman–Crippen MR) is 48.1 cm³/mol. The smallest absolute Gasteiger partial charge is 0.171 e. The Morgan fingerprint density at radius 1 is 1.08 bits per heavy atom. The van der Waals surface area contributed by atoms with E-state index in [0.29, 0.717) is 0 Å². The van der Waals surface area contributed by atoms with Crippen LogP contribution in [0.15, 0.2) is 13.2 Å². The number of rotatable bonds is 2. The molecule has 0 amide bonds. The molecular weight excluding hydrogens is 156 g/mol. The molecule has 0 saturated carbocycles. The van der Waals surface area contributed by atoms with Crippen LogP contribution in [0, 0.1) is 0 Å². The van der Waals surface area contributed by atoms with Gasteiger partial charge in [0, 0.05) is 27.1 Å². The van der Waals surface area contributed by atoms with Crippen LogP contribution in [0.4, 0.5) is 0 Å². The number of methoxy groups -OCH3 is 2. The van der Waals surface area contributed by atoms with E-state index in [4.69, 9.17) is 14.2 Å². The van der Waals surface area contributed by atoms with Crippen LogP contribution in [0.3, 0.4) is 0 Å². The molecule has 0 atom stereocenters. The highest BCUT2D eigenvalue weighted by molar-refractivity contribution is 4.71. The number of hydrogen-bond donors (Lipinski definition) is 0. The van der Waals surface area contributed by atoms with E-state index in [2.05, 4.69) is 13.2 Å². The third kappa shape index (κ3) is 2.93. The molecule has 1 aliphatic heterocycles. The molecule has 0 radical (unpaired) electrons. The first kappa shape index (κ1) is 11.6. The van der Waals surface area contributed by atoms with E-state index >= 15 is 0 Å². The van der Waals surface area contributed by atoms with Gasteiger partial charge in [-0.15, -0.1) is 13.2 Å². The Morgan fingerprint density at radius 3 is 1.75 bits per heavy atom. The molecule has 1 aliphatic rings. The van der Waals surface area contributed by atoms with E-state index < -0.39 is 0 Å². The van der Waals surface area contributed by atoms with Crippen LogP contribution < -0.4 is 0 Å². The first-order chi connectivity index (χ1) is 5.83. The minimum Gasteiger partial charge on any atom is -0.381 e. The SMILES string of the molecule is C=C.COC1(OC)CCOCC1. The van der Waals surface area contributed by atoms with Crippen LogP contribution in [0.2, 0.25) is 0 Å². The topological polar surface area (TPSA) is 27.7 Å². The fraction of sp³-hybridized carbons (Fsp3) is 0.778. The summed E-state index contributed by atoms with van der Waals surface area (Å²) in [7, 11) is 3.35. The summed E-state index contributed by atoms with van der Waals surface area (Å²) in [5.41, 5.74) is 0. The maximum absolute atomic E-state index is 5.23. The fourth-order valence-electron chi connectivity index (χ4n) is 1.17. The summed E-state index contributed by atoms with van der Waals surface area (Å²) in [5, 5.41) is 0. The van der Waals surface area contributed by atoms with E-state index in [-0.39, 0.29) is 5.79 Å². The van der Waals surface area contributed by atoms with Gasteiger partial charge in [-0.3, -0.25) is 0 Å². The third-order valence-electron chi connectivity index (χ3n) is 2.00. The maximum atomic E-state index is 5.23. The van der Waals surface area contributed by atoms with Gasteiger partial charge in [-0.25, -0.2) is 0 Å². The molecule has 1 rings (SSSR count). The van der Waals surface area contributed by atoms with E-state index in [1.807, 2.05) is 0 Å². The lowest BCUT2D eigenvalue weighted by Crippen LogP contribution is -2.39. The summed E-state index contributed by atoms with van der Waals surface area (Å²) < 4.78 is 15.6. The molecule has 0 N–H and O–H groups in total. The summed E-state index contributed by atoms with van der Waals surface area (Å²) in [6, 6.07) is 0. The van der Waals surface area contributed by atoms with Crippen molar-refractivity contribution in [3.63, 3.8) is 0 Å². The van der Waals surface area contributed by atoms with Gasteiger partial charge in [0.2, 0.25) is 0 Å². The summed E-state index contributed by atoms with van der Waals surface area (Å²) >= 11 is 0. The summed E-state index contributed by atoms with van der Waals surface area (Å²) in [4.78, 5) is 0. The zero-order valence-electron chi connectivity index (χ0n) is 7.97. The van der Waals surface area contributed by atoms with Crippen molar-refractivity contribution in [1.82, 2.24) is 0 Å². The van der Waals surface area contributed by atoms with Crippen molar-refractivity contribution in [1.29, 1.82) is 0 Å². The molecular formula is C9H18O3. The maximum Gasteiger partial charge on any atom is 0.171 e. The first-order valence-electron chi connectivity index (χ1n) is 4.01. The molecule has 0 bridgehead atoms. The van der Waals surface area contributed by atoms with Crippen molar-refractivity contribution in [3.8, 4) is 0 Å². The molecule has 1 heterocycles. The molecule has 72 valence electrons. The molecule has 1 saturated heterocycles. The lowest BCUT2D eigenvalue weighted by Gasteiger charge is -2.34. The monoisotopic (exact) mass is 174 g/mol. The van der Waals surface area contributed by atoms with Crippen LogP contribution >= 0.6 is 0 Å². The Labute approximate surface area is 74.3 Å². The molecule has 12 heavy (non-hydrogen) atoms. The second kappa shape index (κ2) is 6.17. The number of hydrogen-bond acceptors (Lipinski definition) is 3. The van der Waals surface area contributed by atoms with Gasteiger partial charge in [0.25, 0.3) is 0 Å². The average Bonchev–Trinajstić information content (AvgIpc) is 2.22. The first-order valence-corrected chi connectivity index (χ1v) is 4.01. The third-order valence-corrected chi connectivity index (χ3v) is 2.00. The Bertz CT molecular complexity index is 102. The van der Waals surface area contributed by atoms with Gasteiger partial charge in [-0.1, -0.05) is 0 Å². The van der Waals surface area contributed by atoms with Crippen molar-refractivity contribution in [2.75, 3.05) is 27.4 Å². The van der Waals surface area contributed by atoms with Crippen LogP contribution in [0.25, 0.3) is 0 Å². The fourth-order valence-corrected chi connectivity index (χ4v) is 1.17. The molecule has 3 nitrogen and oxygen atoms in total. The Balaban J connectivity index is 0.000000561. The lowest BCUT2D eigenvalue weighted by molar-refractivity contribution is -0.242. The molecule has 0 aromatic carbocycles. The molecule has 3 heteroatoms. The highest BCUT2D eigenvalue weighted by atomic mass is 16.7. The van der Waals surface area contributed by atoms with Gasteiger partial charge in [0.1, 0.15) is 0 Å². The second-order valence-corrected chi connectivity index (χ2v) is 2.43. The van der Waals surface area contributed by atoms with Crippen molar-refractivity contribution in [2.45, 2.75) is 18.6 Å². The molecule has 1 fully saturated rings.